The van der Waals surface area contributed by atoms with Gasteiger partial charge >= 0.3 is 6.18 Å². The Morgan fingerprint density at radius 2 is 1.86 bits per heavy atom. The Labute approximate surface area is 201 Å². The maximum Gasteiger partial charge on any atom is 0.416 e. The Balaban J connectivity index is 1.48. The summed E-state index contributed by atoms with van der Waals surface area (Å²) >= 11 is 0. The molecule has 8 nitrogen and oxygen atoms in total. The van der Waals surface area contributed by atoms with Gasteiger partial charge in [0.15, 0.2) is 0 Å². The number of rotatable bonds is 10. The predicted molar refractivity (Wildman–Crippen MR) is 120 cm³/mol. The number of methoxy groups -OCH3 is 1. The van der Waals surface area contributed by atoms with E-state index in [1.807, 2.05) is 0 Å². The average Bonchev–Trinajstić information content (AvgIpc) is 3.06. The topological polar surface area (TPSA) is 81.5 Å². The van der Waals surface area contributed by atoms with E-state index < -0.39 is 11.7 Å². The van der Waals surface area contributed by atoms with E-state index in [2.05, 4.69) is 4.90 Å². The van der Waals surface area contributed by atoms with Crippen LogP contribution in [0.3, 0.4) is 0 Å². The number of carbonyl (C=O) groups is 1. The highest BCUT2D eigenvalue weighted by molar-refractivity contribution is 5.77. The highest BCUT2D eigenvalue weighted by Gasteiger charge is 2.30. The first-order valence-corrected chi connectivity index (χ1v) is 11.2. The summed E-state index contributed by atoms with van der Waals surface area (Å²) < 4.78 is 59.2. The van der Waals surface area contributed by atoms with Crippen LogP contribution in [0.1, 0.15) is 23.3 Å². The van der Waals surface area contributed by atoms with E-state index in [4.69, 9.17) is 18.6 Å². The molecule has 1 aliphatic rings. The molecule has 192 valence electrons. The highest BCUT2D eigenvalue weighted by Crippen LogP contribution is 2.29. The lowest BCUT2D eigenvalue weighted by Crippen LogP contribution is -2.37. The number of nitrogens with zero attached hydrogens (tertiary/aromatic N) is 2. The van der Waals surface area contributed by atoms with Crippen LogP contribution >= 0.6 is 0 Å². The Kier molecular flexibility index (Phi) is 9.70. The molecule has 3 rings (SSSR count). The number of alkyl halides is 3. The maximum atomic E-state index is 12.7. The minimum Gasteiger partial charge on any atom is -0.482 e. The number of hydrogen-bond donors (Lipinski definition) is 0. The van der Waals surface area contributed by atoms with Gasteiger partial charge in [0.05, 0.1) is 25.3 Å². The third-order valence-corrected chi connectivity index (χ3v) is 5.51. The Hall–Kier alpha value is -2.89. The molecule has 1 aromatic heterocycles. The van der Waals surface area contributed by atoms with Gasteiger partial charge in [-0.3, -0.25) is 14.5 Å². The summed E-state index contributed by atoms with van der Waals surface area (Å²) in [5.74, 6) is 0.373. The molecule has 1 fully saturated rings. The molecule has 11 heteroatoms. The average molecular weight is 498 g/mol. The third kappa shape index (κ3) is 8.37. The molecule has 0 atom stereocenters. The van der Waals surface area contributed by atoms with Crippen molar-refractivity contribution in [3.05, 3.63) is 63.7 Å². The molecule has 0 spiro atoms. The molecule has 0 unspecified atom stereocenters. The SMILES string of the molecule is COCCOCC(=O)N1CCCN(Cc2cc(=O)c(OCc3ccc(C(F)(F)F)cc3)co2)CC1. The van der Waals surface area contributed by atoms with Gasteiger partial charge in [-0.1, -0.05) is 12.1 Å². The molecule has 0 radical (unpaired) electrons. The first-order valence-electron chi connectivity index (χ1n) is 11.2. The van der Waals surface area contributed by atoms with Crippen LogP contribution < -0.4 is 10.2 Å². The number of benzene rings is 1. The zero-order chi connectivity index (χ0) is 25.3. The van der Waals surface area contributed by atoms with Gasteiger partial charge in [-0.25, -0.2) is 0 Å². The fourth-order valence-corrected chi connectivity index (χ4v) is 3.57. The summed E-state index contributed by atoms with van der Waals surface area (Å²) in [6.07, 6.45) is -2.41. The summed E-state index contributed by atoms with van der Waals surface area (Å²) in [5.41, 5.74) is -0.631. The van der Waals surface area contributed by atoms with Crippen molar-refractivity contribution in [2.24, 2.45) is 0 Å². The van der Waals surface area contributed by atoms with E-state index in [9.17, 15) is 22.8 Å². The first-order chi connectivity index (χ1) is 16.8. The van der Waals surface area contributed by atoms with Crippen LogP contribution in [-0.4, -0.2) is 68.8 Å². The third-order valence-electron chi connectivity index (χ3n) is 5.51. The van der Waals surface area contributed by atoms with Crippen molar-refractivity contribution in [1.29, 1.82) is 0 Å². The Morgan fingerprint density at radius 3 is 2.54 bits per heavy atom. The molecule has 0 aliphatic carbocycles. The number of ether oxygens (including phenoxy) is 3. The van der Waals surface area contributed by atoms with Crippen molar-refractivity contribution in [3.8, 4) is 5.75 Å². The van der Waals surface area contributed by atoms with Gasteiger partial charge in [-0.05, 0) is 24.1 Å². The van der Waals surface area contributed by atoms with Crippen LogP contribution in [0.15, 0.2) is 45.8 Å². The lowest BCUT2D eigenvalue weighted by Gasteiger charge is -2.21. The van der Waals surface area contributed by atoms with Crippen molar-refractivity contribution < 1.29 is 36.6 Å². The van der Waals surface area contributed by atoms with Crippen LogP contribution in [0.4, 0.5) is 13.2 Å². The maximum absolute atomic E-state index is 12.7. The second-order valence-electron chi connectivity index (χ2n) is 8.11. The number of halogens is 3. The van der Waals surface area contributed by atoms with E-state index in [0.717, 1.165) is 25.1 Å². The number of carbonyl (C=O) groups excluding carboxylic acids is 1. The molecular formula is C24H29F3N2O6. The van der Waals surface area contributed by atoms with Crippen LogP contribution in [0.5, 0.6) is 5.75 Å². The quantitative estimate of drug-likeness (QED) is 0.466. The van der Waals surface area contributed by atoms with E-state index in [-0.39, 0.29) is 30.3 Å². The number of amides is 1. The van der Waals surface area contributed by atoms with E-state index in [1.54, 1.807) is 12.0 Å². The van der Waals surface area contributed by atoms with Crippen molar-refractivity contribution in [1.82, 2.24) is 9.80 Å². The van der Waals surface area contributed by atoms with Gasteiger partial charge in [-0.2, -0.15) is 13.2 Å². The highest BCUT2D eigenvalue weighted by atomic mass is 19.4. The fourth-order valence-electron chi connectivity index (χ4n) is 3.57. The first kappa shape index (κ1) is 26.7. The summed E-state index contributed by atoms with van der Waals surface area (Å²) in [7, 11) is 1.57. The predicted octanol–water partition coefficient (Wildman–Crippen LogP) is 2.93. The van der Waals surface area contributed by atoms with Gasteiger partial charge in [-0.15, -0.1) is 0 Å². The normalized spacial score (nSPS) is 15.1. The van der Waals surface area contributed by atoms with Crippen molar-refractivity contribution >= 4 is 5.91 Å². The van der Waals surface area contributed by atoms with Gasteiger partial charge in [0.2, 0.25) is 17.1 Å². The van der Waals surface area contributed by atoms with Crippen molar-refractivity contribution in [2.75, 3.05) is 53.1 Å². The molecule has 1 aromatic carbocycles. The molecule has 2 aromatic rings. The molecule has 0 saturated carbocycles. The standard InChI is InChI=1S/C24H29F3N2O6/c1-32-11-12-33-17-23(31)29-8-2-7-28(9-10-29)14-20-13-21(30)22(16-34-20)35-15-18-3-5-19(6-4-18)24(25,26)27/h3-6,13,16H,2,7-12,14-15,17H2,1H3. The zero-order valence-corrected chi connectivity index (χ0v) is 19.5. The van der Waals surface area contributed by atoms with Crippen molar-refractivity contribution in [2.45, 2.75) is 25.7 Å². The molecule has 1 aliphatic heterocycles. The fraction of sp³-hybridized carbons (Fsp3) is 0.500. The molecule has 2 heterocycles. The Bertz CT molecular complexity index is 1010. The summed E-state index contributed by atoms with van der Waals surface area (Å²) in [6.45, 7) is 3.70. The van der Waals surface area contributed by atoms with Gasteiger partial charge in [0, 0.05) is 39.4 Å². The molecule has 0 N–H and O–H groups in total. The van der Waals surface area contributed by atoms with Crippen LogP contribution in [0, 0.1) is 0 Å². The van der Waals surface area contributed by atoms with E-state index in [0.29, 0.717) is 50.7 Å². The molecular weight excluding hydrogens is 469 g/mol. The van der Waals surface area contributed by atoms with Crippen LogP contribution in [0.2, 0.25) is 0 Å². The minimum absolute atomic E-state index is 0.0187. The monoisotopic (exact) mass is 498 g/mol. The molecule has 0 bridgehead atoms. The summed E-state index contributed by atoms with van der Waals surface area (Å²) in [5, 5.41) is 0. The summed E-state index contributed by atoms with van der Waals surface area (Å²) in [6, 6.07) is 5.89. The molecule has 35 heavy (non-hydrogen) atoms. The lowest BCUT2D eigenvalue weighted by molar-refractivity contribution is -0.138. The van der Waals surface area contributed by atoms with Gasteiger partial charge in [0.25, 0.3) is 0 Å². The van der Waals surface area contributed by atoms with E-state index >= 15 is 0 Å². The van der Waals surface area contributed by atoms with Gasteiger partial charge in [0.1, 0.15) is 25.2 Å². The second kappa shape index (κ2) is 12.7. The molecule has 1 amide bonds. The van der Waals surface area contributed by atoms with Crippen molar-refractivity contribution in [3.63, 3.8) is 0 Å². The lowest BCUT2D eigenvalue weighted by atomic mass is 10.1. The van der Waals surface area contributed by atoms with Gasteiger partial charge < -0.3 is 23.5 Å². The van der Waals surface area contributed by atoms with Crippen LogP contribution in [0.25, 0.3) is 0 Å². The van der Waals surface area contributed by atoms with Crippen LogP contribution in [-0.2, 0) is 33.6 Å². The van der Waals surface area contributed by atoms with E-state index in [1.165, 1.54) is 24.5 Å². The second-order valence-corrected chi connectivity index (χ2v) is 8.11. The smallest absolute Gasteiger partial charge is 0.416 e. The summed E-state index contributed by atoms with van der Waals surface area (Å²) in [4.78, 5) is 28.6. The number of hydrogen-bond acceptors (Lipinski definition) is 7. The molecule has 1 saturated heterocycles. The largest absolute Gasteiger partial charge is 0.482 e. The minimum atomic E-state index is -4.41. The zero-order valence-electron chi connectivity index (χ0n) is 19.5. The Morgan fingerprint density at radius 1 is 1.09 bits per heavy atom.